The monoisotopic (exact) mass is 503 g/mol. The number of rotatable bonds is 5. The van der Waals surface area contributed by atoms with E-state index in [0.717, 1.165) is 30.5 Å². The van der Waals surface area contributed by atoms with Gasteiger partial charge in [0.15, 0.2) is 22.9 Å². The molecule has 188 valence electrons. The zero-order chi connectivity index (χ0) is 26.1. The maximum Gasteiger partial charge on any atom is 0.298 e. The lowest BCUT2D eigenvalue weighted by atomic mass is 9.91. The molecule has 8 nitrogen and oxygen atoms in total. The van der Waals surface area contributed by atoms with Crippen LogP contribution in [0, 0.1) is 23.5 Å². The summed E-state index contributed by atoms with van der Waals surface area (Å²) in [4.78, 5) is 31.0. The summed E-state index contributed by atoms with van der Waals surface area (Å²) >= 11 is 0. The van der Waals surface area contributed by atoms with Crippen molar-refractivity contribution in [3.63, 3.8) is 0 Å². The van der Waals surface area contributed by atoms with Crippen LogP contribution in [0.15, 0.2) is 48.7 Å². The van der Waals surface area contributed by atoms with Crippen LogP contribution in [0.2, 0.25) is 0 Å². The average molecular weight is 504 g/mol. The van der Waals surface area contributed by atoms with E-state index in [1.807, 2.05) is 6.20 Å². The lowest BCUT2D eigenvalue weighted by molar-refractivity contribution is -0.126. The van der Waals surface area contributed by atoms with Gasteiger partial charge in [-0.05, 0) is 68.0 Å². The number of piperidine rings is 1. The number of imidazole rings is 1. The molecule has 1 saturated heterocycles. The third kappa shape index (κ3) is 4.63. The Kier molecular flexibility index (Phi) is 6.36. The summed E-state index contributed by atoms with van der Waals surface area (Å²) in [5, 5.41) is 3.09. The number of aromatic nitrogens is 3. The first-order valence-electron chi connectivity index (χ1n) is 11.7. The van der Waals surface area contributed by atoms with E-state index >= 15 is 0 Å². The Labute approximate surface area is 211 Å². The number of amides is 2. The summed E-state index contributed by atoms with van der Waals surface area (Å²) in [6.45, 7) is 2.81. The first kappa shape index (κ1) is 24.1. The minimum atomic E-state index is -0.815. The van der Waals surface area contributed by atoms with E-state index in [9.17, 15) is 18.4 Å². The van der Waals surface area contributed by atoms with Crippen LogP contribution in [-0.2, 0) is 4.79 Å². The van der Waals surface area contributed by atoms with E-state index in [0.29, 0.717) is 35.7 Å². The number of hydrogen-bond donors (Lipinski definition) is 2. The van der Waals surface area contributed by atoms with Crippen LogP contribution in [0.1, 0.15) is 41.7 Å². The molecule has 1 aliphatic rings. The van der Waals surface area contributed by atoms with E-state index in [2.05, 4.69) is 16.9 Å². The van der Waals surface area contributed by atoms with Gasteiger partial charge in [-0.15, -0.1) is 0 Å². The molecule has 5 rings (SSSR count). The topological polar surface area (TPSA) is 106 Å². The maximum absolute atomic E-state index is 13.9. The van der Waals surface area contributed by atoms with E-state index < -0.39 is 17.5 Å². The fourth-order valence-corrected chi connectivity index (χ4v) is 4.61. The minimum Gasteiger partial charge on any atom is -0.454 e. The molecule has 2 aromatic carbocycles. The van der Waals surface area contributed by atoms with Gasteiger partial charge in [0, 0.05) is 36.5 Å². The van der Waals surface area contributed by atoms with Crippen LogP contribution in [0.5, 0.6) is 11.5 Å². The van der Waals surface area contributed by atoms with Gasteiger partial charge in [0.1, 0.15) is 17.3 Å². The van der Waals surface area contributed by atoms with Crippen molar-refractivity contribution < 1.29 is 23.1 Å². The Hall–Kier alpha value is -4.65. The van der Waals surface area contributed by atoms with Crippen molar-refractivity contribution >= 4 is 17.5 Å². The summed E-state index contributed by atoms with van der Waals surface area (Å²) < 4.78 is 34.2. The van der Waals surface area contributed by atoms with Crippen molar-refractivity contribution in [3.8, 4) is 34.6 Å². The normalized spacial score (nSPS) is 13.9. The Bertz CT molecular complexity index is 1550. The molecule has 1 fully saturated rings. The van der Waals surface area contributed by atoms with Gasteiger partial charge in [0.2, 0.25) is 0 Å². The number of halogens is 2. The smallest absolute Gasteiger partial charge is 0.298 e. The molecule has 0 aliphatic carbocycles. The van der Waals surface area contributed by atoms with Gasteiger partial charge in [0.25, 0.3) is 11.8 Å². The second-order valence-corrected chi connectivity index (χ2v) is 8.70. The number of H-pyrrole nitrogens is 1. The van der Waals surface area contributed by atoms with Gasteiger partial charge in [-0.3, -0.25) is 14.7 Å². The minimum absolute atomic E-state index is 0.110. The SMILES string of the molecule is CC#CC(=O)N1CCC(c2c[nH]n3c(C(N)=O)c(-c4ccc(Oc5ccc(F)cc5F)cc4)nc23)CC1. The zero-order valence-electron chi connectivity index (χ0n) is 19.9. The van der Waals surface area contributed by atoms with Crippen LogP contribution in [0.25, 0.3) is 16.9 Å². The highest BCUT2D eigenvalue weighted by atomic mass is 19.1. The third-order valence-electron chi connectivity index (χ3n) is 6.42. The van der Waals surface area contributed by atoms with Crippen molar-refractivity contribution in [1.82, 2.24) is 19.5 Å². The molecule has 4 aromatic rings. The summed E-state index contributed by atoms with van der Waals surface area (Å²) in [6, 6.07) is 9.63. The van der Waals surface area contributed by atoms with Gasteiger partial charge in [-0.1, -0.05) is 5.92 Å². The highest BCUT2D eigenvalue weighted by Crippen LogP contribution is 2.34. The summed E-state index contributed by atoms with van der Waals surface area (Å²) in [6.07, 6.45) is 3.30. The lowest BCUT2D eigenvalue weighted by Crippen LogP contribution is -2.37. The van der Waals surface area contributed by atoms with E-state index in [1.54, 1.807) is 40.6 Å². The standard InChI is InChI=1S/C27H23F2N5O3/c1-2-3-23(35)33-12-10-16(11-13-33)20-15-31-34-25(26(30)36)24(32-27(20)34)17-4-7-19(8-5-17)37-22-9-6-18(28)14-21(22)29/h4-9,14-16,31H,10-13H2,1H3,(H2,30,36). The molecule has 0 saturated carbocycles. The number of primary amides is 1. The van der Waals surface area contributed by atoms with Gasteiger partial charge in [-0.25, -0.2) is 18.3 Å². The highest BCUT2D eigenvalue weighted by molar-refractivity contribution is 5.98. The summed E-state index contributed by atoms with van der Waals surface area (Å²) in [5.74, 6) is 3.25. The fraction of sp³-hybridized carbons (Fsp3) is 0.222. The molecule has 3 N–H and O–H groups in total. The van der Waals surface area contributed by atoms with Gasteiger partial charge < -0.3 is 15.4 Å². The van der Waals surface area contributed by atoms with Crippen molar-refractivity contribution in [3.05, 3.63) is 71.6 Å². The number of nitrogens with zero attached hydrogens (tertiary/aromatic N) is 3. The first-order valence-corrected chi connectivity index (χ1v) is 11.7. The van der Waals surface area contributed by atoms with Crippen molar-refractivity contribution in [2.24, 2.45) is 5.73 Å². The molecule has 37 heavy (non-hydrogen) atoms. The van der Waals surface area contributed by atoms with E-state index in [1.165, 1.54) is 6.07 Å². The number of carbonyl (C=O) groups excluding carboxylic acids is 2. The number of ether oxygens (including phenoxy) is 1. The number of likely N-dealkylation sites (tertiary alicyclic amines) is 1. The Morgan fingerprint density at radius 3 is 2.51 bits per heavy atom. The van der Waals surface area contributed by atoms with Crippen LogP contribution >= 0.6 is 0 Å². The van der Waals surface area contributed by atoms with Gasteiger partial charge in [-0.2, -0.15) is 0 Å². The molecular formula is C27H23F2N5O3. The molecule has 0 unspecified atom stereocenters. The van der Waals surface area contributed by atoms with Crippen LogP contribution < -0.4 is 10.5 Å². The van der Waals surface area contributed by atoms with Crippen LogP contribution in [-0.4, -0.2) is 44.4 Å². The summed E-state index contributed by atoms with van der Waals surface area (Å²) in [7, 11) is 0. The maximum atomic E-state index is 13.9. The lowest BCUT2D eigenvalue weighted by Gasteiger charge is -2.30. The van der Waals surface area contributed by atoms with Crippen LogP contribution in [0.3, 0.4) is 0 Å². The Balaban J connectivity index is 1.41. The number of nitrogens with one attached hydrogen (secondary N) is 1. The molecule has 0 spiro atoms. The number of fused-ring (bicyclic) bond motifs is 1. The number of carbonyl (C=O) groups is 2. The predicted molar refractivity (Wildman–Crippen MR) is 132 cm³/mol. The average Bonchev–Trinajstić information content (AvgIpc) is 3.46. The zero-order valence-corrected chi connectivity index (χ0v) is 19.9. The Morgan fingerprint density at radius 1 is 1.14 bits per heavy atom. The Morgan fingerprint density at radius 2 is 1.86 bits per heavy atom. The quantitative estimate of drug-likeness (QED) is 0.398. The molecular weight excluding hydrogens is 480 g/mol. The summed E-state index contributed by atoms with van der Waals surface area (Å²) in [5.41, 5.74) is 8.46. The molecule has 0 atom stereocenters. The van der Waals surface area contributed by atoms with E-state index in [-0.39, 0.29) is 23.3 Å². The van der Waals surface area contributed by atoms with Crippen LogP contribution in [0.4, 0.5) is 8.78 Å². The molecule has 0 radical (unpaired) electrons. The molecule has 0 bridgehead atoms. The van der Waals surface area contributed by atoms with Crippen molar-refractivity contribution in [2.75, 3.05) is 13.1 Å². The van der Waals surface area contributed by atoms with Crippen molar-refractivity contribution in [1.29, 1.82) is 0 Å². The van der Waals surface area contributed by atoms with Crippen molar-refractivity contribution in [2.45, 2.75) is 25.7 Å². The number of hydrogen-bond acceptors (Lipinski definition) is 4. The largest absolute Gasteiger partial charge is 0.454 e. The number of nitrogens with two attached hydrogens (primary N) is 1. The number of benzene rings is 2. The fourth-order valence-electron chi connectivity index (χ4n) is 4.61. The first-order chi connectivity index (χ1) is 17.9. The molecule has 1 aliphatic heterocycles. The number of aromatic amines is 1. The predicted octanol–water partition coefficient (Wildman–Crippen LogP) is 4.23. The van der Waals surface area contributed by atoms with Gasteiger partial charge in [0.05, 0.1) is 0 Å². The molecule has 10 heteroatoms. The second-order valence-electron chi connectivity index (χ2n) is 8.70. The third-order valence-corrected chi connectivity index (χ3v) is 6.42. The molecule has 3 heterocycles. The molecule has 2 aromatic heterocycles. The highest BCUT2D eigenvalue weighted by Gasteiger charge is 2.28. The second kappa shape index (κ2) is 9.78. The molecule has 2 amide bonds. The van der Waals surface area contributed by atoms with E-state index in [4.69, 9.17) is 15.5 Å². The van der Waals surface area contributed by atoms with Gasteiger partial charge >= 0.3 is 0 Å².